The summed E-state index contributed by atoms with van der Waals surface area (Å²) in [5.74, 6) is 0.121. The maximum absolute atomic E-state index is 13.4. The zero-order valence-corrected chi connectivity index (χ0v) is 22.6. The number of cyclic esters (lactones) is 1. The Kier molecular flexibility index (Phi) is 8.01. The van der Waals surface area contributed by atoms with Gasteiger partial charge in [0.15, 0.2) is 0 Å². The predicted octanol–water partition coefficient (Wildman–Crippen LogP) is 9.16. The second kappa shape index (κ2) is 10.9. The van der Waals surface area contributed by atoms with Crippen molar-refractivity contribution >= 4 is 23.4 Å². The molecule has 0 N–H and O–H groups in total. The van der Waals surface area contributed by atoms with Crippen molar-refractivity contribution in [1.82, 2.24) is 4.90 Å². The minimum absolute atomic E-state index is 0.00684. The second-order valence-corrected chi connectivity index (χ2v) is 10.4. The summed E-state index contributed by atoms with van der Waals surface area (Å²) in [7, 11) is 0. The van der Waals surface area contributed by atoms with Gasteiger partial charge in [-0.2, -0.15) is 26.3 Å². The maximum Gasteiger partial charge on any atom is 0.416 e. The molecule has 41 heavy (non-hydrogen) atoms. The number of benzene rings is 3. The molecule has 1 aliphatic rings. The first-order valence-corrected chi connectivity index (χ1v) is 12.7. The summed E-state index contributed by atoms with van der Waals surface area (Å²) in [6, 6.07) is 9.30. The topological polar surface area (TPSA) is 72.7 Å². The molecular weight excluding hydrogens is 578 g/mol. The van der Waals surface area contributed by atoms with E-state index >= 15 is 0 Å². The number of carbonyl (C=O) groups is 1. The van der Waals surface area contributed by atoms with E-state index in [2.05, 4.69) is 0 Å². The Bertz CT molecular complexity index is 1470. The van der Waals surface area contributed by atoms with Crippen molar-refractivity contribution in [2.75, 3.05) is 0 Å². The number of alkyl halides is 6. The fourth-order valence-corrected chi connectivity index (χ4v) is 4.90. The lowest BCUT2D eigenvalue weighted by molar-refractivity contribution is -0.384. The number of rotatable bonds is 6. The number of nitro benzene ring substituents is 1. The van der Waals surface area contributed by atoms with Crippen LogP contribution < -0.4 is 0 Å². The Morgan fingerprint density at radius 2 is 1.56 bits per heavy atom. The molecule has 0 saturated carbocycles. The van der Waals surface area contributed by atoms with E-state index in [-0.39, 0.29) is 29.8 Å². The third kappa shape index (κ3) is 6.27. The second-order valence-electron chi connectivity index (χ2n) is 10.0. The Balaban J connectivity index is 1.76. The Morgan fingerprint density at radius 3 is 2.10 bits per heavy atom. The van der Waals surface area contributed by atoms with Crippen LogP contribution in [-0.2, 0) is 23.6 Å². The minimum Gasteiger partial charge on any atom is -0.439 e. The van der Waals surface area contributed by atoms with Gasteiger partial charge in [-0.1, -0.05) is 31.5 Å². The van der Waals surface area contributed by atoms with Gasteiger partial charge in [-0.05, 0) is 71.5 Å². The van der Waals surface area contributed by atoms with Crippen LogP contribution in [0, 0.1) is 10.1 Å². The minimum atomic E-state index is -5.08. The van der Waals surface area contributed by atoms with E-state index in [1.807, 2.05) is 26.0 Å². The van der Waals surface area contributed by atoms with Gasteiger partial charge in [0.1, 0.15) is 6.10 Å². The van der Waals surface area contributed by atoms with Gasteiger partial charge in [0.2, 0.25) is 0 Å². The average molecular weight is 601 g/mol. The van der Waals surface area contributed by atoms with Crippen LogP contribution in [0.1, 0.15) is 60.6 Å². The van der Waals surface area contributed by atoms with Crippen LogP contribution in [0.4, 0.5) is 36.8 Å². The van der Waals surface area contributed by atoms with Gasteiger partial charge < -0.3 is 4.74 Å². The molecule has 2 atom stereocenters. The van der Waals surface area contributed by atoms with Crippen molar-refractivity contribution in [3.05, 3.63) is 97.6 Å². The molecule has 13 heteroatoms. The van der Waals surface area contributed by atoms with E-state index in [1.165, 1.54) is 25.1 Å². The molecular formula is C28H23ClF6N2O4. The number of hydrogen-bond acceptors (Lipinski definition) is 4. The van der Waals surface area contributed by atoms with Crippen LogP contribution in [0.2, 0.25) is 5.02 Å². The lowest BCUT2D eigenvalue weighted by Gasteiger charge is -2.23. The van der Waals surface area contributed by atoms with Crippen LogP contribution in [0.3, 0.4) is 0 Å². The largest absolute Gasteiger partial charge is 0.439 e. The first-order valence-electron chi connectivity index (χ1n) is 12.3. The van der Waals surface area contributed by atoms with E-state index in [0.29, 0.717) is 28.3 Å². The van der Waals surface area contributed by atoms with Crippen molar-refractivity contribution in [2.45, 2.75) is 57.7 Å². The summed E-state index contributed by atoms with van der Waals surface area (Å²) >= 11 is 6.47. The number of hydrogen-bond donors (Lipinski definition) is 0. The van der Waals surface area contributed by atoms with Gasteiger partial charge >= 0.3 is 18.4 Å². The molecule has 0 spiro atoms. The van der Waals surface area contributed by atoms with Gasteiger partial charge in [0.05, 0.1) is 28.6 Å². The lowest BCUT2D eigenvalue weighted by Crippen LogP contribution is -2.31. The fourth-order valence-electron chi connectivity index (χ4n) is 4.68. The van der Waals surface area contributed by atoms with Crippen molar-refractivity contribution in [3.8, 4) is 11.1 Å². The van der Waals surface area contributed by atoms with E-state index in [1.54, 1.807) is 6.07 Å². The summed E-state index contributed by atoms with van der Waals surface area (Å²) in [6.07, 6.45) is -12.6. The van der Waals surface area contributed by atoms with Gasteiger partial charge in [-0.15, -0.1) is 0 Å². The van der Waals surface area contributed by atoms with Crippen molar-refractivity contribution in [3.63, 3.8) is 0 Å². The number of halogens is 7. The summed E-state index contributed by atoms with van der Waals surface area (Å²) in [5, 5.41) is 11.9. The third-order valence-electron chi connectivity index (χ3n) is 6.92. The average Bonchev–Trinajstić information content (AvgIpc) is 3.16. The summed E-state index contributed by atoms with van der Waals surface area (Å²) < 4.78 is 85.8. The van der Waals surface area contributed by atoms with Crippen LogP contribution in [0.15, 0.2) is 54.6 Å². The van der Waals surface area contributed by atoms with E-state index in [4.69, 9.17) is 16.3 Å². The highest BCUT2D eigenvalue weighted by atomic mass is 35.5. The molecule has 0 aliphatic carbocycles. The zero-order valence-electron chi connectivity index (χ0n) is 21.8. The molecule has 1 fully saturated rings. The number of amides is 1. The van der Waals surface area contributed by atoms with E-state index in [0.717, 1.165) is 10.5 Å². The smallest absolute Gasteiger partial charge is 0.416 e. The SMILES string of the molecule is CC(C)c1ccc(Cl)c(-c2ccc([N+](=O)[O-])cc2CN2C(=O)O[C@H](c3cc(C(F)(F)F)cc(C(F)(F)F)c3)C2C)c1. The summed E-state index contributed by atoms with van der Waals surface area (Å²) in [4.78, 5) is 24.9. The number of carbonyl (C=O) groups excluding carboxylic acids is 1. The van der Waals surface area contributed by atoms with Crippen LogP contribution >= 0.6 is 11.6 Å². The normalized spacial score (nSPS) is 17.7. The molecule has 1 saturated heterocycles. The van der Waals surface area contributed by atoms with E-state index < -0.39 is 52.2 Å². The molecule has 1 aliphatic heterocycles. The Hall–Kier alpha value is -3.80. The molecule has 3 aromatic rings. The molecule has 0 aromatic heterocycles. The molecule has 1 unspecified atom stereocenters. The highest BCUT2D eigenvalue weighted by molar-refractivity contribution is 6.33. The fraction of sp³-hybridized carbons (Fsp3) is 0.321. The first kappa shape index (κ1) is 30.2. The lowest BCUT2D eigenvalue weighted by atomic mass is 9.93. The molecule has 1 amide bonds. The quantitative estimate of drug-likeness (QED) is 0.161. The van der Waals surface area contributed by atoms with Crippen molar-refractivity contribution in [2.24, 2.45) is 0 Å². The van der Waals surface area contributed by atoms with Gasteiger partial charge in [0, 0.05) is 22.7 Å². The van der Waals surface area contributed by atoms with Crippen LogP contribution in [-0.4, -0.2) is 22.0 Å². The molecule has 0 radical (unpaired) electrons. The number of non-ortho nitro benzene ring substituents is 1. The Morgan fingerprint density at radius 1 is 0.951 bits per heavy atom. The standard InChI is InChI=1S/C28H23ClF6N2O4/c1-14(2)16-4-7-24(29)23(11-16)22-6-5-21(37(39)40)10-18(22)13-36-15(3)25(41-26(36)38)17-8-19(27(30,31)32)12-20(9-17)28(33,34)35/h4-12,14-15,25H,13H2,1-3H3/t15?,25-/m0/s1. The van der Waals surface area contributed by atoms with Gasteiger partial charge in [0.25, 0.3) is 5.69 Å². The number of nitro groups is 1. The monoisotopic (exact) mass is 600 g/mol. The van der Waals surface area contributed by atoms with Crippen molar-refractivity contribution in [1.29, 1.82) is 0 Å². The molecule has 3 aromatic carbocycles. The molecule has 0 bridgehead atoms. The molecule has 4 rings (SSSR count). The predicted molar refractivity (Wildman–Crippen MR) is 138 cm³/mol. The first-order chi connectivity index (χ1) is 19.0. The molecule has 6 nitrogen and oxygen atoms in total. The summed E-state index contributed by atoms with van der Waals surface area (Å²) in [5.41, 5.74) is -1.64. The van der Waals surface area contributed by atoms with Gasteiger partial charge in [-0.25, -0.2) is 4.79 Å². The molecule has 1 heterocycles. The zero-order chi connectivity index (χ0) is 30.4. The van der Waals surface area contributed by atoms with Gasteiger partial charge in [-0.3, -0.25) is 15.0 Å². The Labute approximate surface area is 235 Å². The van der Waals surface area contributed by atoms with Crippen LogP contribution in [0.5, 0.6) is 0 Å². The van der Waals surface area contributed by atoms with Crippen LogP contribution in [0.25, 0.3) is 11.1 Å². The summed E-state index contributed by atoms with van der Waals surface area (Å²) in [6.45, 7) is 5.04. The number of nitrogens with zero attached hydrogens (tertiary/aromatic N) is 2. The maximum atomic E-state index is 13.4. The van der Waals surface area contributed by atoms with E-state index in [9.17, 15) is 41.3 Å². The third-order valence-corrected chi connectivity index (χ3v) is 7.25. The number of ether oxygens (including phenoxy) is 1. The highest BCUT2D eigenvalue weighted by Gasteiger charge is 2.43. The van der Waals surface area contributed by atoms with Crippen molar-refractivity contribution < 1.29 is 40.8 Å². The highest BCUT2D eigenvalue weighted by Crippen LogP contribution is 2.42. The molecule has 218 valence electrons.